The monoisotopic (exact) mass is 418 g/mol. The Hall–Kier alpha value is -3.74. The lowest BCUT2D eigenvalue weighted by Crippen LogP contribution is -2.36. The molecule has 7 nitrogen and oxygen atoms in total. The van der Waals surface area contributed by atoms with Crippen LogP contribution in [0.25, 0.3) is 11.0 Å². The summed E-state index contributed by atoms with van der Waals surface area (Å²) in [6, 6.07) is 6.57. The maximum absolute atomic E-state index is 12.7. The number of nitrogens with one attached hydrogen (secondary N) is 1. The molecule has 0 bridgehead atoms. The Kier molecular flexibility index (Phi) is 4.97. The number of rotatable bonds is 2. The minimum absolute atomic E-state index is 0.0926. The Labute approximate surface area is 178 Å². The highest BCUT2D eigenvalue weighted by molar-refractivity contribution is 6.14. The van der Waals surface area contributed by atoms with Crippen LogP contribution in [0.4, 0.5) is 0 Å². The number of fused-ring (bicyclic) bond motifs is 2. The number of aliphatic imine (C=N–C) groups is 1. The van der Waals surface area contributed by atoms with Crippen molar-refractivity contribution in [3.63, 3.8) is 0 Å². The zero-order valence-electron chi connectivity index (χ0n) is 17.7. The number of methoxy groups -OCH3 is 1. The van der Waals surface area contributed by atoms with Gasteiger partial charge in [0.2, 0.25) is 5.91 Å². The van der Waals surface area contributed by atoms with Crippen molar-refractivity contribution in [3.8, 4) is 5.75 Å². The summed E-state index contributed by atoms with van der Waals surface area (Å²) >= 11 is 0. The molecule has 0 radical (unpaired) electrons. The lowest BCUT2D eigenvalue weighted by Gasteiger charge is -2.34. The van der Waals surface area contributed by atoms with Crippen LogP contribution in [0.2, 0.25) is 0 Å². The van der Waals surface area contributed by atoms with E-state index in [1.165, 1.54) is 13.2 Å². The van der Waals surface area contributed by atoms with Gasteiger partial charge < -0.3 is 14.5 Å². The zero-order valence-corrected chi connectivity index (χ0v) is 17.7. The molecule has 1 atom stereocenters. The molecule has 2 heterocycles. The Morgan fingerprint density at radius 3 is 2.68 bits per heavy atom. The van der Waals surface area contributed by atoms with E-state index in [1.54, 1.807) is 36.4 Å². The van der Waals surface area contributed by atoms with Crippen LogP contribution in [0.15, 0.2) is 74.0 Å². The molecule has 1 aromatic carbocycles. The third kappa shape index (κ3) is 3.86. The summed E-state index contributed by atoms with van der Waals surface area (Å²) in [7, 11) is 1.47. The summed E-state index contributed by atoms with van der Waals surface area (Å²) in [5, 5.41) is 3.38. The predicted molar refractivity (Wildman–Crippen MR) is 117 cm³/mol. The molecule has 0 saturated heterocycles. The summed E-state index contributed by atoms with van der Waals surface area (Å²) in [6.07, 6.45) is 6.89. The average Bonchev–Trinajstić information content (AvgIpc) is 2.71. The first kappa shape index (κ1) is 20.5. The molecule has 1 aliphatic carbocycles. The van der Waals surface area contributed by atoms with Gasteiger partial charge in [-0.15, -0.1) is 0 Å². The zero-order chi connectivity index (χ0) is 22.3. The van der Waals surface area contributed by atoms with Crippen molar-refractivity contribution in [3.05, 3.63) is 75.8 Å². The molecule has 2 aliphatic rings. The Morgan fingerprint density at radius 1 is 1.19 bits per heavy atom. The van der Waals surface area contributed by atoms with Crippen molar-refractivity contribution in [2.24, 2.45) is 16.3 Å². The van der Waals surface area contributed by atoms with Gasteiger partial charge in [0.25, 0.3) is 5.91 Å². The van der Waals surface area contributed by atoms with E-state index in [4.69, 9.17) is 9.15 Å². The van der Waals surface area contributed by atoms with Crippen molar-refractivity contribution in [1.29, 1.82) is 0 Å². The van der Waals surface area contributed by atoms with E-state index in [2.05, 4.69) is 10.3 Å². The van der Waals surface area contributed by atoms with Crippen LogP contribution in [-0.2, 0) is 4.79 Å². The van der Waals surface area contributed by atoms with Crippen molar-refractivity contribution in [2.75, 3.05) is 7.11 Å². The van der Waals surface area contributed by atoms with Crippen molar-refractivity contribution < 1.29 is 18.7 Å². The largest absolute Gasteiger partial charge is 0.493 e. The molecule has 4 rings (SSSR count). The predicted octanol–water partition coefficient (Wildman–Crippen LogP) is 3.56. The van der Waals surface area contributed by atoms with E-state index in [-0.39, 0.29) is 28.4 Å². The molecule has 158 valence electrons. The van der Waals surface area contributed by atoms with Crippen LogP contribution >= 0.6 is 0 Å². The molecule has 0 saturated carbocycles. The second kappa shape index (κ2) is 7.50. The standard InChI is InChI=1S/C24H22N2O5/c1-24(2,3)17-12-20(27)26-18-11-14(8-9-15(17)18)25-22(28)16-10-13-6-5-7-19(30-4)21(13)31-23(16)29/h5-12,15H,1-4H3,(H,26,27). The SMILES string of the molecule is COc1cccc2cc(C(=O)N=C3C=CC4C(=C3)NC(=O)C=C4C(C)(C)C)c(=O)oc12. The lowest BCUT2D eigenvalue weighted by atomic mass is 9.74. The Balaban J connectivity index is 1.69. The van der Waals surface area contributed by atoms with Crippen LogP contribution in [0.1, 0.15) is 31.1 Å². The molecular formula is C24H22N2O5. The first-order valence-corrected chi connectivity index (χ1v) is 9.84. The van der Waals surface area contributed by atoms with E-state index >= 15 is 0 Å². The number of carbonyl (C=O) groups excluding carboxylic acids is 2. The quantitative estimate of drug-likeness (QED) is 0.752. The van der Waals surface area contributed by atoms with Crippen LogP contribution in [0.3, 0.4) is 0 Å². The molecule has 0 fully saturated rings. The summed E-state index contributed by atoms with van der Waals surface area (Å²) in [5.74, 6) is -0.619. The van der Waals surface area contributed by atoms with Gasteiger partial charge in [0.15, 0.2) is 11.3 Å². The number of hydrogen-bond acceptors (Lipinski definition) is 5. The van der Waals surface area contributed by atoms with Gasteiger partial charge in [0, 0.05) is 23.1 Å². The molecule has 1 aliphatic heterocycles. The lowest BCUT2D eigenvalue weighted by molar-refractivity contribution is -0.116. The van der Waals surface area contributed by atoms with Gasteiger partial charge in [-0.05, 0) is 35.3 Å². The topological polar surface area (TPSA) is 98.0 Å². The fourth-order valence-corrected chi connectivity index (χ4v) is 3.75. The summed E-state index contributed by atoms with van der Waals surface area (Å²) in [6.45, 7) is 6.14. The average molecular weight is 418 g/mol. The van der Waals surface area contributed by atoms with Crippen LogP contribution < -0.4 is 15.7 Å². The molecular weight excluding hydrogens is 396 g/mol. The maximum atomic E-state index is 12.7. The molecule has 1 N–H and O–H groups in total. The first-order valence-electron chi connectivity index (χ1n) is 9.84. The highest BCUT2D eigenvalue weighted by atomic mass is 16.5. The fourth-order valence-electron chi connectivity index (χ4n) is 3.75. The van der Waals surface area contributed by atoms with Crippen LogP contribution in [0, 0.1) is 11.3 Å². The second-order valence-electron chi connectivity index (χ2n) is 8.44. The maximum Gasteiger partial charge on any atom is 0.349 e. The Morgan fingerprint density at radius 2 is 1.97 bits per heavy atom. The minimum atomic E-state index is -0.791. The highest BCUT2D eigenvalue weighted by Gasteiger charge is 2.32. The number of hydrogen-bond donors (Lipinski definition) is 1. The number of carbonyl (C=O) groups is 2. The number of allylic oxidation sites excluding steroid dienone is 3. The third-order valence-corrected chi connectivity index (χ3v) is 5.26. The van der Waals surface area contributed by atoms with Gasteiger partial charge in [-0.25, -0.2) is 9.79 Å². The molecule has 31 heavy (non-hydrogen) atoms. The third-order valence-electron chi connectivity index (χ3n) is 5.26. The normalized spacial score (nSPS) is 19.5. The summed E-state index contributed by atoms with van der Waals surface area (Å²) in [4.78, 5) is 41.3. The van der Waals surface area contributed by atoms with E-state index < -0.39 is 11.5 Å². The smallest absolute Gasteiger partial charge is 0.349 e. The Bertz CT molecular complexity index is 1290. The number of amides is 2. The van der Waals surface area contributed by atoms with Crippen LogP contribution in [-0.4, -0.2) is 24.6 Å². The van der Waals surface area contributed by atoms with Crippen molar-refractivity contribution in [2.45, 2.75) is 20.8 Å². The highest BCUT2D eigenvalue weighted by Crippen LogP contribution is 2.38. The van der Waals surface area contributed by atoms with E-state index in [0.29, 0.717) is 22.5 Å². The number of nitrogens with zero attached hydrogens (tertiary/aromatic N) is 1. The van der Waals surface area contributed by atoms with Gasteiger partial charge in [-0.2, -0.15) is 0 Å². The van der Waals surface area contributed by atoms with Gasteiger partial charge in [0.1, 0.15) is 5.56 Å². The molecule has 1 aromatic heterocycles. The first-order chi connectivity index (χ1) is 14.7. The van der Waals surface area contributed by atoms with Crippen molar-refractivity contribution in [1.82, 2.24) is 5.32 Å². The number of ether oxygens (including phenoxy) is 1. The number of benzene rings is 1. The fraction of sp³-hybridized carbons (Fsp3) is 0.250. The molecule has 2 amide bonds. The van der Waals surface area contributed by atoms with E-state index in [0.717, 1.165) is 5.57 Å². The van der Waals surface area contributed by atoms with Gasteiger partial charge in [-0.1, -0.05) is 39.0 Å². The summed E-state index contributed by atoms with van der Waals surface area (Å²) in [5.41, 5.74) is 1.09. The van der Waals surface area contributed by atoms with Gasteiger partial charge >= 0.3 is 5.63 Å². The van der Waals surface area contributed by atoms with E-state index in [9.17, 15) is 14.4 Å². The van der Waals surface area contributed by atoms with Gasteiger partial charge in [-0.3, -0.25) is 9.59 Å². The molecule has 1 unspecified atom stereocenters. The molecule has 7 heteroatoms. The van der Waals surface area contributed by atoms with Gasteiger partial charge in [0.05, 0.1) is 12.8 Å². The second-order valence-corrected chi connectivity index (χ2v) is 8.44. The minimum Gasteiger partial charge on any atom is -0.493 e. The van der Waals surface area contributed by atoms with E-state index in [1.807, 2.05) is 26.8 Å². The van der Waals surface area contributed by atoms with Crippen LogP contribution in [0.5, 0.6) is 5.75 Å². The molecule has 0 spiro atoms. The van der Waals surface area contributed by atoms with Crippen molar-refractivity contribution >= 4 is 28.5 Å². The molecule has 2 aromatic rings. The summed E-state index contributed by atoms with van der Waals surface area (Å²) < 4.78 is 10.5. The number of para-hydroxylation sites is 1.